The Morgan fingerprint density at radius 2 is 1.83 bits per heavy atom. The van der Waals surface area contributed by atoms with E-state index in [2.05, 4.69) is 0 Å². The van der Waals surface area contributed by atoms with E-state index in [1.165, 1.54) is 7.11 Å². The van der Waals surface area contributed by atoms with Crippen molar-refractivity contribution in [3.05, 3.63) is 48.3 Å². The van der Waals surface area contributed by atoms with E-state index >= 15 is 0 Å². The van der Waals surface area contributed by atoms with Gasteiger partial charge in [0, 0.05) is 17.8 Å². The van der Waals surface area contributed by atoms with Crippen molar-refractivity contribution in [2.75, 3.05) is 7.11 Å². The molecule has 0 unspecified atom stereocenters. The highest BCUT2D eigenvalue weighted by atomic mass is 16.5. The van der Waals surface area contributed by atoms with E-state index in [1.54, 1.807) is 0 Å². The molecule has 0 aliphatic heterocycles. The topological polar surface area (TPSA) is 31.2 Å². The van der Waals surface area contributed by atoms with Gasteiger partial charge in [0.15, 0.2) is 0 Å². The maximum atomic E-state index is 12.0. The number of hydrogen-bond donors (Lipinski definition) is 0. The Hall–Kier alpha value is -2.03. The van der Waals surface area contributed by atoms with Gasteiger partial charge in [-0.25, -0.2) is 4.79 Å². The molecule has 0 fully saturated rings. The van der Waals surface area contributed by atoms with Gasteiger partial charge >= 0.3 is 5.97 Å². The van der Waals surface area contributed by atoms with E-state index in [0.717, 1.165) is 11.1 Å². The fourth-order valence-corrected chi connectivity index (χ4v) is 2.04. The van der Waals surface area contributed by atoms with Gasteiger partial charge in [-0.3, -0.25) is 0 Å². The number of benzene rings is 1. The van der Waals surface area contributed by atoms with E-state index in [4.69, 9.17) is 4.74 Å². The average Bonchev–Trinajstić information content (AvgIpc) is 2.83. The Bertz CT molecular complexity index is 541. The van der Waals surface area contributed by atoms with Gasteiger partial charge in [0.2, 0.25) is 0 Å². The van der Waals surface area contributed by atoms with Crippen molar-refractivity contribution in [3.8, 4) is 11.1 Å². The van der Waals surface area contributed by atoms with E-state index in [0.29, 0.717) is 5.69 Å². The van der Waals surface area contributed by atoms with Crippen LogP contribution in [0.3, 0.4) is 0 Å². The second kappa shape index (κ2) is 5.08. The molecule has 0 bridgehead atoms. The van der Waals surface area contributed by atoms with E-state index < -0.39 is 0 Å². The first kappa shape index (κ1) is 12.4. The summed E-state index contributed by atoms with van der Waals surface area (Å²) in [7, 11) is 1.41. The highest BCUT2D eigenvalue weighted by molar-refractivity contribution is 5.96. The molecule has 94 valence electrons. The third-order valence-corrected chi connectivity index (χ3v) is 2.94. The van der Waals surface area contributed by atoms with Gasteiger partial charge in [-0.2, -0.15) is 0 Å². The largest absolute Gasteiger partial charge is 0.464 e. The van der Waals surface area contributed by atoms with Crippen molar-refractivity contribution >= 4 is 5.97 Å². The van der Waals surface area contributed by atoms with Crippen LogP contribution in [0.4, 0.5) is 0 Å². The van der Waals surface area contributed by atoms with Crippen molar-refractivity contribution in [1.82, 2.24) is 4.57 Å². The molecule has 0 saturated heterocycles. The summed E-state index contributed by atoms with van der Waals surface area (Å²) < 4.78 is 6.83. The van der Waals surface area contributed by atoms with Crippen LogP contribution in [0.15, 0.2) is 42.6 Å². The minimum Gasteiger partial charge on any atom is -0.464 e. The van der Waals surface area contributed by atoms with Gasteiger partial charge in [0.25, 0.3) is 0 Å². The summed E-state index contributed by atoms with van der Waals surface area (Å²) in [5.41, 5.74) is 2.55. The maximum Gasteiger partial charge on any atom is 0.355 e. The number of ether oxygens (including phenoxy) is 1. The molecule has 3 nitrogen and oxygen atoms in total. The molecule has 0 radical (unpaired) electrons. The van der Waals surface area contributed by atoms with Gasteiger partial charge in [0.05, 0.1) is 7.11 Å². The number of esters is 1. The van der Waals surface area contributed by atoms with Crippen LogP contribution in [0.2, 0.25) is 0 Å². The molecule has 18 heavy (non-hydrogen) atoms. The van der Waals surface area contributed by atoms with Crippen molar-refractivity contribution in [1.29, 1.82) is 0 Å². The minimum atomic E-state index is -0.299. The second-order valence-electron chi connectivity index (χ2n) is 4.44. The first-order valence-corrected chi connectivity index (χ1v) is 5.99. The molecule has 0 aliphatic rings. The first-order valence-electron chi connectivity index (χ1n) is 5.99. The molecule has 0 atom stereocenters. The molecule has 1 aromatic heterocycles. The number of rotatable bonds is 3. The van der Waals surface area contributed by atoms with Crippen molar-refractivity contribution in [3.63, 3.8) is 0 Å². The predicted octanol–water partition coefficient (Wildman–Crippen LogP) is 3.52. The van der Waals surface area contributed by atoms with E-state index in [-0.39, 0.29) is 12.0 Å². The molecule has 0 saturated carbocycles. The zero-order valence-corrected chi connectivity index (χ0v) is 10.9. The van der Waals surface area contributed by atoms with Crippen LogP contribution in [0.25, 0.3) is 11.1 Å². The van der Waals surface area contributed by atoms with Gasteiger partial charge in [0.1, 0.15) is 5.69 Å². The molecule has 2 rings (SSSR count). The summed E-state index contributed by atoms with van der Waals surface area (Å²) in [6.07, 6.45) is 1.93. The third-order valence-electron chi connectivity index (χ3n) is 2.94. The maximum absolute atomic E-state index is 12.0. The average molecular weight is 243 g/mol. The smallest absolute Gasteiger partial charge is 0.355 e. The predicted molar refractivity (Wildman–Crippen MR) is 71.6 cm³/mol. The lowest BCUT2D eigenvalue weighted by Crippen LogP contribution is -2.12. The molecular formula is C15H17NO2. The first-order chi connectivity index (χ1) is 8.65. The second-order valence-corrected chi connectivity index (χ2v) is 4.44. The molecule has 2 aromatic rings. The Balaban J connectivity index is 2.58. The quantitative estimate of drug-likeness (QED) is 0.772. The van der Waals surface area contributed by atoms with Crippen LogP contribution < -0.4 is 0 Å². The lowest BCUT2D eigenvalue weighted by atomic mass is 10.1. The van der Waals surface area contributed by atoms with Crippen LogP contribution in [-0.4, -0.2) is 17.6 Å². The summed E-state index contributed by atoms with van der Waals surface area (Å²) in [6.45, 7) is 4.09. The van der Waals surface area contributed by atoms with E-state index in [9.17, 15) is 4.79 Å². The van der Waals surface area contributed by atoms with Crippen LogP contribution in [0.5, 0.6) is 0 Å². The number of hydrogen-bond acceptors (Lipinski definition) is 2. The number of methoxy groups -OCH3 is 1. The SMILES string of the molecule is COC(=O)c1c(-c2ccccc2)ccn1C(C)C. The lowest BCUT2D eigenvalue weighted by Gasteiger charge is -2.13. The fraction of sp³-hybridized carbons (Fsp3) is 0.267. The summed E-state index contributed by atoms with van der Waals surface area (Å²) in [5, 5.41) is 0. The van der Waals surface area contributed by atoms with Gasteiger partial charge < -0.3 is 9.30 Å². The van der Waals surface area contributed by atoms with E-state index in [1.807, 2.05) is 61.0 Å². The number of carbonyl (C=O) groups excluding carboxylic acids is 1. The van der Waals surface area contributed by atoms with Crippen LogP contribution in [0.1, 0.15) is 30.4 Å². The molecule has 1 heterocycles. The molecule has 0 N–H and O–H groups in total. The zero-order valence-electron chi connectivity index (χ0n) is 10.9. The standard InChI is InChI=1S/C15H17NO2/c1-11(2)16-10-9-13(14(16)15(17)18-3)12-7-5-4-6-8-12/h4-11H,1-3H3. The summed E-state index contributed by atoms with van der Waals surface area (Å²) in [4.78, 5) is 12.0. The van der Waals surface area contributed by atoms with Crippen LogP contribution in [0, 0.1) is 0 Å². The summed E-state index contributed by atoms with van der Waals surface area (Å²) in [6, 6.07) is 12.0. The van der Waals surface area contributed by atoms with Crippen molar-refractivity contribution in [2.45, 2.75) is 19.9 Å². The highest BCUT2D eigenvalue weighted by Crippen LogP contribution is 2.27. The Morgan fingerprint density at radius 3 is 2.39 bits per heavy atom. The van der Waals surface area contributed by atoms with Gasteiger partial charge in [-0.05, 0) is 25.5 Å². The normalized spacial score (nSPS) is 10.7. The Morgan fingerprint density at radius 1 is 1.17 bits per heavy atom. The molecule has 1 aromatic carbocycles. The summed E-state index contributed by atoms with van der Waals surface area (Å²) in [5.74, 6) is -0.299. The van der Waals surface area contributed by atoms with Gasteiger partial charge in [-0.15, -0.1) is 0 Å². The van der Waals surface area contributed by atoms with Crippen molar-refractivity contribution in [2.24, 2.45) is 0 Å². The Kier molecular flexibility index (Phi) is 3.51. The number of aromatic nitrogens is 1. The monoisotopic (exact) mass is 243 g/mol. The zero-order chi connectivity index (χ0) is 13.1. The fourth-order valence-electron chi connectivity index (χ4n) is 2.04. The number of carbonyl (C=O) groups is 1. The molecular weight excluding hydrogens is 226 g/mol. The molecule has 3 heteroatoms. The molecule has 0 aliphatic carbocycles. The van der Waals surface area contributed by atoms with Gasteiger partial charge in [-0.1, -0.05) is 30.3 Å². The van der Waals surface area contributed by atoms with Crippen molar-refractivity contribution < 1.29 is 9.53 Å². The molecule has 0 amide bonds. The van der Waals surface area contributed by atoms with Crippen LogP contribution in [-0.2, 0) is 4.74 Å². The minimum absolute atomic E-state index is 0.219. The molecule has 0 spiro atoms. The van der Waals surface area contributed by atoms with Crippen LogP contribution >= 0.6 is 0 Å². The Labute approximate surface area is 107 Å². The summed E-state index contributed by atoms with van der Waals surface area (Å²) >= 11 is 0. The highest BCUT2D eigenvalue weighted by Gasteiger charge is 2.19. The number of nitrogens with zero attached hydrogens (tertiary/aromatic N) is 1. The third kappa shape index (κ3) is 2.16. The lowest BCUT2D eigenvalue weighted by molar-refractivity contribution is 0.0587.